The van der Waals surface area contributed by atoms with Gasteiger partial charge in [-0.1, -0.05) is 24.6 Å². The summed E-state index contributed by atoms with van der Waals surface area (Å²) in [7, 11) is 5.29. The number of amides is 1. The van der Waals surface area contributed by atoms with Crippen molar-refractivity contribution < 1.29 is 9.53 Å². The molecule has 1 aliphatic heterocycles. The molecule has 2 heterocycles. The van der Waals surface area contributed by atoms with Crippen LogP contribution >= 0.6 is 0 Å². The van der Waals surface area contributed by atoms with Crippen molar-refractivity contribution in [1.82, 2.24) is 14.8 Å². The van der Waals surface area contributed by atoms with Crippen LogP contribution in [-0.4, -0.2) is 55.0 Å². The Kier molecular flexibility index (Phi) is 5.89. The van der Waals surface area contributed by atoms with E-state index in [2.05, 4.69) is 22.0 Å². The molecule has 2 aromatic rings. The van der Waals surface area contributed by atoms with Gasteiger partial charge in [-0.3, -0.25) is 14.7 Å². The fourth-order valence-corrected chi connectivity index (χ4v) is 3.43. The molecule has 0 saturated carbocycles. The first-order chi connectivity index (χ1) is 12.6. The molecular weight excluding hydrogens is 326 g/mol. The fraction of sp³-hybridized carbons (Fsp3) is 0.429. The summed E-state index contributed by atoms with van der Waals surface area (Å²) in [4.78, 5) is 20.8. The first kappa shape index (κ1) is 18.4. The highest BCUT2D eigenvalue weighted by atomic mass is 16.5. The Morgan fingerprint density at radius 3 is 2.81 bits per heavy atom. The van der Waals surface area contributed by atoms with Crippen LogP contribution in [0.25, 0.3) is 11.3 Å². The second kappa shape index (κ2) is 8.32. The van der Waals surface area contributed by atoms with Crippen LogP contribution in [-0.2, 0) is 4.79 Å². The molecule has 5 heteroatoms. The van der Waals surface area contributed by atoms with E-state index in [1.54, 1.807) is 12.0 Å². The van der Waals surface area contributed by atoms with E-state index in [1.807, 2.05) is 44.6 Å². The number of methoxy groups -OCH3 is 1. The number of hydrogen-bond acceptors (Lipinski definition) is 4. The Hall–Kier alpha value is -2.40. The molecule has 0 N–H and O–H groups in total. The predicted octanol–water partition coefficient (Wildman–Crippen LogP) is 3.37. The van der Waals surface area contributed by atoms with Gasteiger partial charge >= 0.3 is 0 Å². The van der Waals surface area contributed by atoms with Gasteiger partial charge < -0.3 is 9.64 Å². The van der Waals surface area contributed by atoms with Gasteiger partial charge in [-0.05, 0) is 43.1 Å². The van der Waals surface area contributed by atoms with E-state index in [0.29, 0.717) is 6.54 Å². The molecule has 1 amide bonds. The Morgan fingerprint density at radius 1 is 1.27 bits per heavy atom. The van der Waals surface area contributed by atoms with E-state index >= 15 is 0 Å². The topological polar surface area (TPSA) is 45.7 Å². The zero-order valence-electron chi connectivity index (χ0n) is 15.8. The average Bonchev–Trinajstić information content (AvgIpc) is 2.68. The van der Waals surface area contributed by atoms with Crippen LogP contribution in [0.3, 0.4) is 0 Å². The number of pyridine rings is 1. The lowest BCUT2D eigenvalue weighted by molar-refractivity contribution is -0.130. The molecule has 1 unspecified atom stereocenters. The lowest BCUT2D eigenvalue weighted by Gasteiger charge is -2.36. The van der Waals surface area contributed by atoms with Gasteiger partial charge in [0.25, 0.3) is 0 Å². The second-order valence-corrected chi connectivity index (χ2v) is 6.98. The molecule has 138 valence electrons. The van der Waals surface area contributed by atoms with Gasteiger partial charge in [0.05, 0.1) is 19.3 Å². The standard InChI is InChI=1S/C21H27N3O2/c1-23(2)21(25)15-24-12-5-4-9-20(24)17-10-11-19(22-14-17)16-7-6-8-18(13-16)26-3/h6-8,10-11,13-14,20H,4-5,9,12,15H2,1-3H3. The normalized spacial score (nSPS) is 17.7. The average molecular weight is 353 g/mol. The molecule has 1 fully saturated rings. The molecule has 1 aliphatic rings. The van der Waals surface area contributed by atoms with Crippen LogP contribution in [0.4, 0.5) is 0 Å². The minimum Gasteiger partial charge on any atom is -0.497 e. The maximum absolute atomic E-state index is 12.1. The quantitative estimate of drug-likeness (QED) is 0.827. The van der Waals surface area contributed by atoms with Gasteiger partial charge in [-0.2, -0.15) is 0 Å². The minimum absolute atomic E-state index is 0.151. The minimum atomic E-state index is 0.151. The summed E-state index contributed by atoms with van der Waals surface area (Å²) in [5, 5.41) is 0. The summed E-state index contributed by atoms with van der Waals surface area (Å²) in [6.07, 6.45) is 5.36. The zero-order chi connectivity index (χ0) is 18.5. The highest BCUT2D eigenvalue weighted by Gasteiger charge is 2.26. The largest absolute Gasteiger partial charge is 0.497 e. The number of piperidine rings is 1. The number of likely N-dealkylation sites (tertiary alicyclic amines) is 1. The van der Waals surface area contributed by atoms with Crippen LogP contribution in [0, 0.1) is 0 Å². The highest BCUT2D eigenvalue weighted by molar-refractivity contribution is 5.77. The fourth-order valence-electron chi connectivity index (χ4n) is 3.43. The van der Waals surface area contributed by atoms with Crippen LogP contribution in [0.2, 0.25) is 0 Å². The van der Waals surface area contributed by atoms with E-state index in [0.717, 1.165) is 36.4 Å². The third-order valence-electron chi connectivity index (χ3n) is 4.99. The first-order valence-corrected chi connectivity index (χ1v) is 9.13. The van der Waals surface area contributed by atoms with Gasteiger partial charge in [0.2, 0.25) is 5.91 Å². The van der Waals surface area contributed by atoms with Crippen molar-refractivity contribution >= 4 is 5.91 Å². The van der Waals surface area contributed by atoms with Crippen molar-refractivity contribution in [3.05, 3.63) is 48.2 Å². The van der Waals surface area contributed by atoms with Crippen LogP contribution in [0.15, 0.2) is 42.6 Å². The molecule has 1 aromatic carbocycles. The molecule has 26 heavy (non-hydrogen) atoms. The zero-order valence-corrected chi connectivity index (χ0v) is 15.8. The molecule has 5 nitrogen and oxygen atoms in total. The van der Waals surface area contributed by atoms with E-state index in [9.17, 15) is 4.79 Å². The summed E-state index contributed by atoms with van der Waals surface area (Å²) >= 11 is 0. The molecule has 0 bridgehead atoms. The summed E-state index contributed by atoms with van der Waals surface area (Å²) in [5.74, 6) is 0.979. The van der Waals surface area contributed by atoms with Crippen LogP contribution < -0.4 is 4.74 Å². The molecular formula is C21H27N3O2. The number of benzene rings is 1. The number of aromatic nitrogens is 1. The van der Waals surface area contributed by atoms with Crippen molar-refractivity contribution in [2.75, 3.05) is 34.3 Å². The lowest BCUT2D eigenvalue weighted by Crippen LogP contribution is -2.41. The molecule has 1 atom stereocenters. The number of ether oxygens (including phenoxy) is 1. The third-order valence-corrected chi connectivity index (χ3v) is 4.99. The Balaban J connectivity index is 1.78. The van der Waals surface area contributed by atoms with Crippen molar-refractivity contribution in [3.8, 4) is 17.0 Å². The van der Waals surface area contributed by atoms with Crippen molar-refractivity contribution in [3.63, 3.8) is 0 Å². The molecule has 0 radical (unpaired) electrons. The van der Waals surface area contributed by atoms with E-state index in [-0.39, 0.29) is 11.9 Å². The number of rotatable bonds is 5. The van der Waals surface area contributed by atoms with Crippen LogP contribution in [0.1, 0.15) is 30.9 Å². The van der Waals surface area contributed by atoms with Gasteiger partial charge in [0.1, 0.15) is 5.75 Å². The van der Waals surface area contributed by atoms with Crippen molar-refractivity contribution in [2.45, 2.75) is 25.3 Å². The lowest BCUT2D eigenvalue weighted by atomic mass is 9.96. The summed E-state index contributed by atoms with van der Waals surface area (Å²) < 4.78 is 5.30. The number of hydrogen-bond donors (Lipinski definition) is 0. The molecule has 3 rings (SSSR count). The molecule has 1 aromatic heterocycles. The highest BCUT2D eigenvalue weighted by Crippen LogP contribution is 2.31. The van der Waals surface area contributed by atoms with E-state index in [1.165, 1.54) is 12.0 Å². The maximum Gasteiger partial charge on any atom is 0.236 e. The number of carbonyl (C=O) groups is 1. The van der Waals surface area contributed by atoms with Gasteiger partial charge in [-0.15, -0.1) is 0 Å². The van der Waals surface area contributed by atoms with Crippen molar-refractivity contribution in [1.29, 1.82) is 0 Å². The van der Waals surface area contributed by atoms with E-state index < -0.39 is 0 Å². The maximum atomic E-state index is 12.1. The number of likely N-dealkylation sites (N-methyl/N-ethyl adjacent to an activating group) is 1. The van der Waals surface area contributed by atoms with Gasteiger partial charge in [0.15, 0.2) is 0 Å². The second-order valence-electron chi connectivity index (χ2n) is 6.98. The van der Waals surface area contributed by atoms with Gasteiger partial charge in [-0.25, -0.2) is 0 Å². The molecule has 1 saturated heterocycles. The Morgan fingerprint density at radius 2 is 2.12 bits per heavy atom. The monoisotopic (exact) mass is 353 g/mol. The SMILES string of the molecule is COc1cccc(-c2ccc(C3CCCCN3CC(=O)N(C)C)cn2)c1. The van der Waals surface area contributed by atoms with E-state index in [4.69, 9.17) is 4.74 Å². The number of nitrogens with zero attached hydrogens (tertiary/aromatic N) is 3. The summed E-state index contributed by atoms with van der Waals surface area (Å²) in [6.45, 7) is 1.43. The first-order valence-electron chi connectivity index (χ1n) is 9.13. The third kappa shape index (κ3) is 4.22. The smallest absolute Gasteiger partial charge is 0.236 e. The Labute approximate surface area is 155 Å². The predicted molar refractivity (Wildman–Crippen MR) is 103 cm³/mol. The number of carbonyl (C=O) groups excluding carboxylic acids is 1. The van der Waals surface area contributed by atoms with Gasteiger partial charge in [0, 0.05) is 31.9 Å². The summed E-state index contributed by atoms with van der Waals surface area (Å²) in [5.41, 5.74) is 3.15. The van der Waals surface area contributed by atoms with Crippen LogP contribution in [0.5, 0.6) is 5.75 Å². The molecule has 0 spiro atoms. The Bertz CT molecular complexity index is 743. The molecule has 0 aliphatic carbocycles. The summed E-state index contributed by atoms with van der Waals surface area (Å²) in [6, 6.07) is 12.4. The van der Waals surface area contributed by atoms with Crippen molar-refractivity contribution in [2.24, 2.45) is 0 Å².